The van der Waals surface area contributed by atoms with Crippen LogP contribution >= 0.6 is 7.82 Å². The number of allylic oxidation sites excluding steroid dienone is 4. The van der Waals surface area contributed by atoms with Crippen molar-refractivity contribution in [2.75, 3.05) is 0 Å². The first-order valence-corrected chi connectivity index (χ1v) is 11.8. The Morgan fingerprint density at radius 2 is 1.21 bits per heavy atom. The van der Waals surface area contributed by atoms with Crippen LogP contribution in [0.15, 0.2) is 103 Å². The molecule has 3 aromatic carbocycles. The van der Waals surface area contributed by atoms with Gasteiger partial charge in [-0.15, -0.1) is 0 Å². The van der Waals surface area contributed by atoms with Crippen molar-refractivity contribution in [2.45, 2.75) is 12.8 Å². The molecule has 4 rings (SSSR count). The number of carbonyl (C=O) groups excluding carboxylic acids is 2. The Labute approximate surface area is 191 Å². The number of Topliss-reactive ketones (excluding diaryl/α,β-unsaturated/α-hetero) is 1. The summed E-state index contributed by atoms with van der Waals surface area (Å²) in [5, 5.41) is 0. The molecule has 166 valence electrons. The van der Waals surface area contributed by atoms with Crippen molar-refractivity contribution in [2.24, 2.45) is 0 Å². The lowest BCUT2D eigenvalue weighted by Crippen LogP contribution is -2.04. The summed E-state index contributed by atoms with van der Waals surface area (Å²) >= 11 is 0. The molecular formula is C26H21O6P. The van der Waals surface area contributed by atoms with Gasteiger partial charge in [-0.2, -0.15) is 0 Å². The lowest BCUT2D eigenvalue weighted by atomic mass is 9.98. The summed E-state index contributed by atoms with van der Waals surface area (Å²) in [6, 6.07) is 20.6. The first-order chi connectivity index (χ1) is 15.9. The largest absolute Gasteiger partial charge is 0.584 e. The lowest BCUT2D eigenvalue weighted by molar-refractivity contribution is 0.103. The van der Waals surface area contributed by atoms with Crippen molar-refractivity contribution in [1.82, 2.24) is 0 Å². The molecule has 0 spiro atoms. The van der Waals surface area contributed by atoms with Crippen LogP contribution in [0.4, 0.5) is 0 Å². The molecule has 1 aliphatic carbocycles. The highest BCUT2D eigenvalue weighted by Gasteiger charge is 2.25. The molecule has 0 radical (unpaired) electrons. The van der Waals surface area contributed by atoms with Gasteiger partial charge < -0.3 is 9.05 Å². The van der Waals surface area contributed by atoms with Gasteiger partial charge in [-0.1, -0.05) is 48.6 Å². The summed E-state index contributed by atoms with van der Waals surface area (Å²) in [6.07, 6.45) is 7.38. The van der Waals surface area contributed by atoms with E-state index in [-0.39, 0.29) is 23.1 Å². The highest BCUT2D eigenvalue weighted by Crippen LogP contribution is 2.44. The molecule has 1 aliphatic rings. The maximum atomic E-state index is 12.5. The number of hydrogen-bond acceptors (Lipinski definition) is 5. The Morgan fingerprint density at radius 3 is 1.73 bits per heavy atom. The van der Waals surface area contributed by atoms with Crippen LogP contribution in [-0.4, -0.2) is 16.5 Å². The SMILES string of the molecule is O=C(C1=CCCC=C1)c1ccc(OP(=O)(O)Oc2ccc(C(=O)c3ccccc3)cc2)cc1. The summed E-state index contributed by atoms with van der Waals surface area (Å²) in [4.78, 5) is 35.1. The smallest absolute Gasteiger partial charge is 0.395 e. The standard InChI is InChI=1S/C26H21O6P/c27-25(19-7-3-1-4-8-19)21-11-15-23(16-12-21)31-33(29,30)32-24-17-13-22(14-18-24)26(28)20-9-5-2-6-10-20/h1,3-5,7-18H,2,6H2,(H,29,30). The van der Waals surface area contributed by atoms with Crippen molar-refractivity contribution in [3.05, 3.63) is 119 Å². The first kappa shape index (κ1) is 22.5. The molecule has 0 aliphatic heterocycles. The average Bonchev–Trinajstić information content (AvgIpc) is 2.85. The lowest BCUT2D eigenvalue weighted by Gasteiger charge is -2.14. The molecule has 0 saturated heterocycles. The fraction of sp³-hybridized carbons (Fsp3) is 0.0769. The fourth-order valence-corrected chi connectivity index (χ4v) is 4.14. The summed E-state index contributed by atoms with van der Waals surface area (Å²) in [6.45, 7) is 0. The van der Waals surface area contributed by atoms with Crippen LogP contribution in [0, 0.1) is 0 Å². The van der Waals surface area contributed by atoms with Gasteiger partial charge in [-0.25, -0.2) is 4.57 Å². The molecule has 0 bridgehead atoms. The molecule has 6 nitrogen and oxygen atoms in total. The van der Waals surface area contributed by atoms with Crippen molar-refractivity contribution >= 4 is 19.4 Å². The van der Waals surface area contributed by atoms with E-state index < -0.39 is 7.82 Å². The Balaban J connectivity index is 1.39. The fourth-order valence-electron chi connectivity index (χ4n) is 3.32. The molecule has 0 aromatic heterocycles. The van der Waals surface area contributed by atoms with E-state index in [9.17, 15) is 19.0 Å². The van der Waals surface area contributed by atoms with Crippen LogP contribution in [0.25, 0.3) is 0 Å². The minimum atomic E-state index is -4.49. The zero-order chi connectivity index (χ0) is 23.3. The number of benzene rings is 3. The van der Waals surface area contributed by atoms with Gasteiger partial charge in [-0.3, -0.25) is 14.5 Å². The zero-order valence-corrected chi connectivity index (χ0v) is 18.5. The molecular weight excluding hydrogens is 439 g/mol. The molecule has 0 amide bonds. The van der Waals surface area contributed by atoms with Gasteiger partial charge in [0.05, 0.1) is 0 Å². The average molecular weight is 460 g/mol. The molecule has 7 heteroatoms. The molecule has 0 heterocycles. The third kappa shape index (κ3) is 5.75. The number of phosphoric ester groups is 1. The van der Waals surface area contributed by atoms with Crippen LogP contribution in [0.5, 0.6) is 11.5 Å². The Hall–Kier alpha value is -3.73. The van der Waals surface area contributed by atoms with Crippen LogP contribution < -0.4 is 9.05 Å². The molecule has 1 unspecified atom stereocenters. The van der Waals surface area contributed by atoms with Gasteiger partial charge in [0.15, 0.2) is 11.6 Å². The van der Waals surface area contributed by atoms with E-state index in [0.717, 1.165) is 12.8 Å². The maximum Gasteiger partial charge on any atom is 0.584 e. The van der Waals surface area contributed by atoms with Gasteiger partial charge in [0.1, 0.15) is 11.5 Å². The third-order valence-corrected chi connectivity index (χ3v) is 5.85. The summed E-state index contributed by atoms with van der Waals surface area (Å²) in [5.41, 5.74) is 2.04. The second-order valence-corrected chi connectivity index (χ2v) is 8.67. The van der Waals surface area contributed by atoms with Crippen molar-refractivity contribution in [3.63, 3.8) is 0 Å². The molecule has 3 aromatic rings. The molecule has 33 heavy (non-hydrogen) atoms. The van der Waals surface area contributed by atoms with Crippen LogP contribution in [0.2, 0.25) is 0 Å². The monoisotopic (exact) mass is 460 g/mol. The van der Waals surface area contributed by atoms with Gasteiger partial charge in [-0.05, 0) is 61.4 Å². The van der Waals surface area contributed by atoms with Crippen molar-refractivity contribution < 1.29 is 28.1 Å². The van der Waals surface area contributed by atoms with E-state index in [2.05, 4.69) is 0 Å². The Kier molecular flexibility index (Phi) is 6.68. The second kappa shape index (κ2) is 9.82. The van der Waals surface area contributed by atoms with E-state index in [1.807, 2.05) is 18.2 Å². The Bertz CT molecular complexity index is 1260. The van der Waals surface area contributed by atoms with Crippen LogP contribution in [-0.2, 0) is 4.57 Å². The third-order valence-electron chi connectivity index (χ3n) is 4.97. The summed E-state index contributed by atoms with van der Waals surface area (Å²) in [5.74, 6) is -0.125. The van der Waals surface area contributed by atoms with E-state index in [1.165, 1.54) is 48.5 Å². The first-order valence-electron chi connectivity index (χ1n) is 10.3. The van der Waals surface area contributed by atoms with E-state index >= 15 is 0 Å². The summed E-state index contributed by atoms with van der Waals surface area (Å²) in [7, 11) is -4.49. The molecule has 0 saturated carbocycles. The van der Waals surface area contributed by atoms with Crippen LogP contribution in [0.1, 0.15) is 39.1 Å². The van der Waals surface area contributed by atoms with E-state index in [1.54, 1.807) is 30.3 Å². The van der Waals surface area contributed by atoms with Gasteiger partial charge >= 0.3 is 7.82 Å². The zero-order valence-electron chi connectivity index (χ0n) is 17.6. The quantitative estimate of drug-likeness (QED) is 0.331. The minimum Gasteiger partial charge on any atom is -0.395 e. The number of hydrogen-bond donors (Lipinski definition) is 1. The van der Waals surface area contributed by atoms with Gasteiger partial charge in [0, 0.05) is 22.3 Å². The highest BCUT2D eigenvalue weighted by molar-refractivity contribution is 7.48. The number of carbonyl (C=O) groups is 2. The van der Waals surface area contributed by atoms with Gasteiger partial charge in [0.2, 0.25) is 0 Å². The number of rotatable bonds is 8. The van der Waals surface area contributed by atoms with Gasteiger partial charge in [0.25, 0.3) is 0 Å². The van der Waals surface area contributed by atoms with Crippen molar-refractivity contribution in [3.8, 4) is 11.5 Å². The molecule has 1 N–H and O–H groups in total. The highest BCUT2D eigenvalue weighted by atomic mass is 31.2. The summed E-state index contributed by atoms with van der Waals surface area (Å²) < 4.78 is 22.6. The predicted molar refractivity (Wildman–Crippen MR) is 125 cm³/mol. The van der Waals surface area contributed by atoms with E-state index in [4.69, 9.17) is 9.05 Å². The maximum absolute atomic E-state index is 12.5. The topological polar surface area (TPSA) is 89.9 Å². The Morgan fingerprint density at radius 1 is 0.697 bits per heavy atom. The predicted octanol–water partition coefficient (Wildman–Crippen LogP) is 5.93. The van der Waals surface area contributed by atoms with Crippen molar-refractivity contribution in [1.29, 1.82) is 0 Å². The van der Waals surface area contributed by atoms with Crippen LogP contribution in [0.3, 0.4) is 0 Å². The second-order valence-electron chi connectivity index (χ2n) is 7.36. The normalized spacial score (nSPS) is 14.6. The number of ketones is 2. The molecule has 0 fully saturated rings. The molecule has 1 atom stereocenters. The minimum absolute atomic E-state index is 0.0771. The number of phosphoric acid groups is 1. The van der Waals surface area contributed by atoms with E-state index in [0.29, 0.717) is 22.3 Å².